The molecular weight excluding hydrogens is 164 g/mol. The van der Waals surface area contributed by atoms with Crippen LogP contribution in [-0.4, -0.2) is 16.1 Å². The molecule has 0 radical (unpaired) electrons. The van der Waals surface area contributed by atoms with Gasteiger partial charge in [-0.1, -0.05) is 6.92 Å². The van der Waals surface area contributed by atoms with Gasteiger partial charge in [-0.2, -0.15) is 4.98 Å². The second kappa shape index (κ2) is 4.21. The van der Waals surface area contributed by atoms with E-state index in [1.165, 1.54) is 0 Å². The third-order valence-corrected chi connectivity index (χ3v) is 1.55. The standard InChI is InChI=1S/C10H16N2O/c1-5-9-11-8(4)6-10(12-9)13-7(2)3/h6-7H,5H2,1-4H3. The van der Waals surface area contributed by atoms with Gasteiger partial charge in [0.05, 0.1) is 6.10 Å². The number of aryl methyl sites for hydroxylation is 2. The molecule has 0 aromatic carbocycles. The second-order valence-corrected chi connectivity index (χ2v) is 3.28. The van der Waals surface area contributed by atoms with Crippen molar-refractivity contribution < 1.29 is 4.74 Å². The highest BCUT2D eigenvalue weighted by molar-refractivity contribution is 5.15. The summed E-state index contributed by atoms with van der Waals surface area (Å²) in [6.45, 7) is 7.97. The van der Waals surface area contributed by atoms with Crippen LogP contribution < -0.4 is 4.74 Å². The molecule has 0 fully saturated rings. The van der Waals surface area contributed by atoms with E-state index >= 15 is 0 Å². The Morgan fingerprint density at radius 3 is 2.62 bits per heavy atom. The van der Waals surface area contributed by atoms with Gasteiger partial charge in [-0.3, -0.25) is 0 Å². The molecule has 0 bridgehead atoms. The van der Waals surface area contributed by atoms with Gasteiger partial charge in [-0.05, 0) is 20.8 Å². The van der Waals surface area contributed by atoms with Gasteiger partial charge in [0.25, 0.3) is 0 Å². The summed E-state index contributed by atoms with van der Waals surface area (Å²) in [7, 11) is 0. The SMILES string of the molecule is CCc1nc(C)cc(OC(C)C)n1. The van der Waals surface area contributed by atoms with Crippen LogP contribution in [0.1, 0.15) is 32.3 Å². The highest BCUT2D eigenvalue weighted by Crippen LogP contribution is 2.10. The zero-order chi connectivity index (χ0) is 9.84. The molecule has 1 rings (SSSR count). The van der Waals surface area contributed by atoms with Gasteiger partial charge in [0, 0.05) is 18.2 Å². The van der Waals surface area contributed by atoms with Crippen LogP contribution in [0.15, 0.2) is 6.07 Å². The maximum atomic E-state index is 5.49. The molecule has 0 aliphatic rings. The molecule has 3 nitrogen and oxygen atoms in total. The summed E-state index contributed by atoms with van der Waals surface area (Å²) in [5.41, 5.74) is 0.961. The van der Waals surface area contributed by atoms with Crippen molar-refractivity contribution in [2.45, 2.75) is 40.2 Å². The smallest absolute Gasteiger partial charge is 0.217 e. The van der Waals surface area contributed by atoms with Crippen molar-refractivity contribution in [2.75, 3.05) is 0 Å². The summed E-state index contributed by atoms with van der Waals surface area (Å²) in [5, 5.41) is 0. The summed E-state index contributed by atoms with van der Waals surface area (Å²) >= 11 is 0. The van der Waals surface area contributed by atoms with Gasteiger partial charge >= 0.3 is 0 Å². The van der Waals surface area contributed by atoms with Gasteiger partial charge in [-0.25, -0.2) is 4.98 Å². The van der Waals surface area contributed by atoms with Crippen LogP contribution in [0, 0.1) is 6.92 Å². The molecule has 0 aliphatic carbocycles. The van der Waals surface area contributed by atoms with E-state index in [0.29, 0.717) is 5.88 Å². The fraction of sp³-hybridized carbons (Fsp3) is 0.600. The van der Waals surface area contributed by atoms with Crippen LogP contribution in [0.4, 0.5) is 0 Å². The van der Waals surface area contributed by atoms with Crippen molar-refractivity contribution in [1.29, 1.82) is 0 Å². The number of hydrogen-bond donors (Lipinski definition) is 0. The Morgan fingerprint density at radius 2 is 2.08 bits per heavy atom. The van der Waals surface area contributed by atoms with Gasteiger partial charge in [0.15, 0.2) is 0 Å². The zero-order valence-corrected chi connectivity index (χ0v) is 8.66. The highest BCUT2D eigenvalue weighted by Gasteiger charge is 2.02. The topological polar surface area (TPSA) is 35.0 Å². The minimum atomic E-state index is 0.166. The largest absolute Gasteiger partial charge is 0.475 e. The van der Waals surface area contributed by atoms with E-state index < -0.39 is 0 Å². The van der Waals surface area contributed by atoms with E-state index in [-0.39, 0.29) is 6.10 Å². The third-order valence-electron chi connectivity index (χ3n) is 1.55. The van der Waals surface area contributed by atoms with E-state index in [4.69, 9.17) is 4.74 Å². The van der Waals surface area contributed by atoms with Crippen LogP contribution in [0.25, 0.3) is 0 Å². The average Bonchev–Trinajstić information content (AvgIpc) is 2.01. The van der Waals surface area contributed by atoms with Crippen molar-refractivity contribution in [3.63, 3.8) is 0 Å². The molecule has 13 heavy (non-hydrogen) atoms. The molecule has 0 N–H and O–H groups in total. The van der Waals surface area contributed by atoms with Gasteiger partial charge in [0.2, 0.25) is 5.88 Å². The lowest BCUT2D eigenvalue weighted by molar-refractivity contribution is 0.231. The molecule has 0 unspecified atom stereocenters. The first-order valence-corrected chi connectivity index (χ1v) is 4.63. The number of aromatic nitrogens is 2. The quantitative estimate of drug-likeness (QED) is 0.714. The maximum Gasteiger partial charge on any atom is 0.217 e. The molecule has 0 saturated carbocycles. The lowest BCUT2D eigenvalue weighted by Crippen LogP contribution is -2.08. The summed E-state index contributed by atoms with van der Waals surface area (Å²) in [4.78, 5) is 8.53. The Kier molecular flexibility index (Phi) is 3.23. The van der Waals surface area contributed by atoms with Crippen LogP contribution in [0.3, 0.4) is 0 Å². The minimum absolute atomic E-state index is 0.166. The van der Waals surface area contributed by atoms with Crippen molar-refractivity contribution >= 4 is 0 Å². The normalized spacial score (nSPS) is 10.5. The number of ether oxygens (including phenoxy) is 1. The Morgan fingerprint density at radius 1 is 1.38 bits per heavy atom. The van der Waals surface area contributed by atoms with Crippen molar-refractivity contribution in [3.05, 3.63) is 17.6 Å². The molecule has 1 aromatic rings. The van der Waals surface area contributed by atoms with E-state index in [2.05, 4.69) is 9.97 Å². The Hall–Kier alpha value is -1.12. The van der Waals surface area contributed by atoms with E-state index in [1.54, 1.807) is 0 Å². The molecule has 0 aliphatic heterocycles. The lowest BCUT2D eigenvalue weighted by Gasteiger charge is -2.09. The van der Waals surface area contributed by atoms with E-state index in [9.17, 15) is 0 Å². The third kappa shape index (κ3) is 3.01. The first kappa shape index (κ1) is 9.96. The predicted octanol–water partition coefficient (Wildman–Crippen LogP) is 2.13. The molecule has 0 atom stereocenters. The van der Waals surface area contributed by atoms with Gasteiger partial charge < -0.3 is 4.74 Å². The Bertz CT molecular complexity index is 284. The molecule has 3 heteroatoms. The number of rotatable bonds is 3. The van der Waals surface area contributed by atoms with Crippen molar-refractivity contribution in [3.8, 4) is 5.88 Å². The number of hydrogen-bond acceptors (Lipinski definition) is 3. The van der Waals surface area contributed by atoms with Crippen LogP contribution in [-0.2, 0) is 6.42 Å². The fourth-order valence-electron chi connectivity index (χ4n) is 1.06. The molecular formula is C10H16N2O. The first-order chi connectivity index (χ1) is 6.11. The van der Waals surface area contributed by atoms with Gasteiger partial charge in [0.1, 0.15) is 5.82 Å². The summed E-state index contributed by atoms with van der Waals surface area (Å²) in [6, 6.07) is 1.86. The molecule has 0 saturated heterocycles. The van der Waals surface area contributed by atoms with Gasteiger partial charge in [-0.15, -0.1) is 0 Å². The molecule has 72 valence electrons. The first-order valence-electron chi connectivity index (χ1n) is 4.63. The van der Waals surface area contributed by atoms with Crippen LogP contribution >= 0.6 is 0 Å². The summed E-state index contributed by atoms with van der Waals surface area (Å²) < 4.78 is 5.49. The van der Waals surface area contributed by atoms with E-state index in [1.807, 2.05) is 33.8 Å². The summed E-state index contributed by atoms with van der Waals surface area (Å²) in [6.07, 6.45) is 1.01. The zero-order valence-electron chi connectivity index (χ0n) is 8.66. The Balaban J connectivity index is 2.88. The average molecular weight is 180 g/mol. The van der Waals surface area contributed by atoms with Crippen molar-refractivity contribution in [1.82, 2.24) is 9.97 Å². The predicted molar refractivity (Wildman–Crippen MR) is 51.9 cm³/mol. The van der Waals surface area contributed by atoms with E-state index in [0.717, 1.165) is 17.9 Å². The molecule has 1 heterocycles. The highest BCUT2D eigenvalue weighted by atomic mass is 16.5. The minimum Gasteiger partial charge on any atom is -0.475 e. The maximum absolute atomic E-state index is 5.49. The second-order valence-electron chi connectivity index (χ2n) is 3.28. The van der Waals surface area contributed by atoms with Crippen LogP contribution in [0.2, 0.25) is 0 Å². The van der Waals surface area contributed by atoms with Crippen LogP contribution in [0.5, 0.6) is 5.88 Å². The van der Waals surface area contributed by atoms with Crippen molar-refractivity contribution in [2.24, 2.45) is 0 Å². The molecule has 1 aromatic heterocycles. The molecule has 0 amide bonds. The summed E-state index contributed by atoms with van der Waals surface area (Å²) in [5.74, 6) is 1.52. The molecule has 0 spiro atoms. The lowest BCUT2D eigenvalue weighted by atomic mass is 10.4. The Labute approximate surface area is 79.2 Å². The number of nitrogens with zero attached hydrogens (tertiary/aromatic N) is 2. The fourth-order valence-corrected chi connectivity index (χ4v) is 1.06. The monoisotopic (exact) mass is 180 g/mol.